The molecule has 77 heavy (non-hydrogen) atoms. The SMILES string of the molecule is CC(C)(C)OC(=O)Nc1ccc(-c2ccccc2)cc1CC(=O)c1cc2ccc(N3CCCCC3)c(C3CC3)c2cn1.Nc1ccc(-c2ccccc2)cc1CC(=O)c1cc2ccc(N3CCNCC3)c(C3CC3)c2cn1. The Balaban J connectivity index is 0.000000166. The molecule has 4 fully saturated rings. The molecular formula is C66H69N7O4. The van der Waals surface area contributed by atoms with E-state index in [1.54, 1.807) is 0 Å². The summed E-state index contributed by atoms with van der Waals surface area (Å²) in [7, 11) is 0. The van der Waals surface area contributed by atoms with Gasteiger partial charge in [-0.25, -0.2) is 4.79 Å². The first-order valence-electron chi connectivity index (χ1n) is 27.7. The van der Waals surface area contributed by atoms with Gasteiger partial charge in [0.2, 0.25) is 0 Å². The van der Waals surface area contributed by atoms with Gasteiger partial charge in [0, 0.05) is 98.0 Å². The molecule has 4 heterocycles. The molecule has 4 aliphatic rings. The number of carbonyl (C=O) groups excluding carboxylic acids is 3. The maximum absolute atomic E-state index is 13.7. The molecule has 2 aliphatic carbocycles. The van der Waals surface area contributed by atoms with E-state index in [1.807, 2.05) is 130 Å². The van der Waals surface area contributed by atoms with Crippen LogP contribution in [0.5, 0.6) is 0 Å². The predicted octanol–water partition coefficient (Wildman–Crippen LogP) is 13.7. The molecule has 0 radical (unpaired) electrons. The quantitative estimate of drug-likeness (QED) is 0.0754. The van der Waals surface area contributed by atoms with Crippen LogP contribution >= 0.6 is 0 Å². The van der Waals surface area contributed by atoms with Crippen molar-refractivity contribution in [1.29, 1.82) is 0 Å². The number of benzene rings is 6. The Hall–Kier alpha value is -7.89. The number of anilines is 4. The molecule has 2 aromatic heterocycles. The highest BCUT2D eigenvalue weighted by atomic mass is 16.6. The molecule has 2 aliphatic heterocycles. The number of carbonyl (C=O) groups is 3. The second-order valence-electron chi connectivity index (χ2n) is 22.3. The normalized spacial score (nSPS) is 15.7. The Kier molecular flexibility index (Phi) is 14.9. The first-order chi connectivity index (χ1) is 37.4. The van der Waals surface area contributed by atoms with Gasteiger partial charge in [0.25, 0.3) is 0 Å². The Bertz CT molecular complexity index is 3460. The lowest BCUT2D eigenvalue weighted by Crippen LogP contribution is -2.43. The largest absolute Gasteiger partial charge is 0.444 e. The molecular weight excluding hydrogens is 955 g/mol. The standard InChI is InChI=1S/C36H39N3O3.C30H30N4O/c1-36(2,3)42-35(41)38-30-16-14-26(24-10-6-4-7-11-24)20-28(30)22-33(40)31-21-27-15-17-32(39-18-8-5-9-19-39)34(25-12-13-25)29(27)23-37-31;31-26-10-8-22(20-4-2-1-3-5-20)16-24(26)18-29(35)27-17-23-9-11-28(34-14-12-32-13-15-34)30(21-6-7-21)25(23)19-33-27/h4,6-7,10-11,14-17,20-21,23,25H,5,8-9,12-13,18-19,22H2,1-3H3,(H,38,41);1-5,8-11,16-17,19,21,32H,6-7,12-15,18,31H2. The van der Waals surface area contributed by atoms with E-state index in [4.69, 9.17) is 15.5 Å². The minimum absolute atomic E-state index is 0.0111. The van der Waals surface area contributed by atoms with Crippen molar-refractivity contribution in [3.05, 3.63) is 179 Å². The van der Waals surface area contributed by atoms with Gasteiger partial charge in [-0.15, -0.1) is 0 Å². The number of hydrogen-bond donors (Lipinski definition) is 3. The van der Waals surface area contributed by atoms with E-state index in [9.17, 15) is 14.4 Å². The third-order valence-corrected chi connectivity index (χ3v) is 15.3. The number of nitrogens with one attached hydrogen (secondary N) is 2. The number of amides is 1. The first-order valence-corrected chi connectivity index (χ1v) is 27.7. The van der Waals surface area contributed by atoms with E-state index in [0.29, 0.717) is 40.2 Å². The molecule has 12 rings (SSSR count). The van der Waals surface area contributed by atoms with Gasteiger partial charge in [-0.05, 0) is 181 Å². The molecule has 11 nitrogen and oxygen atoms in total. The molecule has 4 N–H and O–H groups in total. The Morgan fingerprint density at radius 1 is 0.584 bits per heavy atom. The number of nitrogens with zero attached hydrogens (tertiary/aromatic N) is 4. The summed E-state index contributed by atoms with van der Waals surface area (Å²) in [5, 5.41) is 10.8. The fourth-order valence-electron chi connectivity index (χ4n) is 11.1. The lowest BCUT2D eigenvalue weighted by molar-refractivity contribution is 0.0635. The smallest absolute Gasteiger partial charge is 0.412 e. The van der Waals surface area contributed by atoms with Gasteiger partial charge in [-0.1, -0.05) is 84.9 Å². The number of hydrogen-bond acceptors (Lipinski definition) is 10. The second-order valence-corrected chi connectivity index (χ2v) is 22.3. The molecule has 0 unspecified atom stereocenters. The third kappa shape index (κ3) is 12.1. The summed E-state index contributed by atoms with van der Waals surface area (Å²) in [6, 6.07) is 44.5. The van der Waals surface area contributed by atoms with Crippen LogP contribution in [0.2, 0.25) is 0 Å². The average Bonchev–Trinajstić information content (AvgIpc) is 4.45. The third-order valence-electron chi connectivity index (χ3n) is 15.3. The maximum atomic E-state index is 13.7. The van der Waals surface area contributed by atoms with Crippen LogP contribution in [0.25, 0.3) is 43.8 Å². The number of rotatable bonds is 13. The van der Waals surface area contributed by atoms with Crippen LogP contribution in [0.3, 0.4) is 0 Å². The van der Waals surface area contributed by atoms with Crippen LogP contribution in [0.15, 0.2) is 146 Å². The summed E-state index contributed by atoms with van der Waals surface area (Å²) in [5.74, 6) is 1.08. The van der Waals surface area contributed by atoms with Gasteiger partial charge in [0.05, 0.1) is 0 Å². The Morgan fingerprint density at radius 2 is 1.08 bits per heavy atom. The molecule has 1 amide bonds. The molecule has 0 bridgehead atoms. The van der Waals surface area contributed by atoms with Crippen LogP contribution in [-0.2, 0) is 17.6 Å². The van der Waals surface area contributed by atoms with Crippen LogP contribution in [0, 0.1) is 0 Å². The maximum Gasteiger partial charge on any atom is 0.412 e. The number of piperidine rings is 1. The van der Waals surface area contributed by atoms with Gasteiger partial charge >= 0.3 is 6.09 Å². The van der Waals surface area contributed by atoms with Gasteiger partial charge in [0.15, 0.2) is 11.6 Å². The van der Waals surface area contributed by atoms with E-state index in [1.165, 1.54) is 72.8 Å². The highest BCUT2D eigenvalue weighted by molar-refractivity contribution is 6.03. The van der Waals surface area contributed by atoms with Crippen molar-refractivity contribution in [2.45, 2.75) is 96.0 Å². The minimum Gasteiger partial charge on any atom is -0.444 e. The fraction of sp³-hybridized carbons (Fsp3) is 0.318. The summed E-state index contributed by atoms with van der Waals surface area (Å²) in [5.41, 5.74) is 19.0. The zero-order valence-electron chi connectivity index (χ0n) is 44.6. The van der Waals surface area contributed by atoms with Gasteiger partial charge in [0.1, 0.15) is 17.0 Å². The van der Waals surface area contributed by atoms with Gasteiger partial charge in [-0.2, -0.15) is 0 Å². The molecule has 2 saturated carbocycles. The monoisotopic (exact) mass is 1020 g/mol. The molecule has 6 aromatic carbocycles. The number of ether oxygens (including phenoxy) is 1. The van der Waals surface area contributed by atoms with Crippen molar-refractivity contribution in [3.63, 3.8) is 0 Å². The van der Waals surface area contributed by atoms with Crippen LogP contribution < -0.4 is 26.2 Å². The van der Waals surface area contributed by atoms with Crippen LogP contribution in [0.4, 0.5) is 27.5 Å². The number of aromatic nitrogens is 2. The van der Waals surface area contributed by atoms with E-state index >= 15 is 0 Å². The molecule has 392 valence electrons. The number of fused-ring (bicyclic) bond motifs is 2. The van der Waals surface area contributed by atoms with Gasteiger partial charge in [-0.3, -0.25) is 24.9 Å². The van der Waals surface area contributed by atoms with E-state index in [2.05, 4.69) is 61.8 Å². The molecule has 0 spiro atoms. The molecule has 2 saturated heterocycles. The highest BCUT2D eigenvalue weighted by Gasteiger charge is 2.32. The van der Waals surface area contributed by atoms with Crippen molar-refractivity contribution in [3.8, 4) is 22.3 Å². The number of ketones is 2. The first kappa shape index (κ1) is 51.2. The highest BCUT2D eigenvalue weighted by Crippen LogP contribution is 2.49. The summed E-state index contributed by atoms with van der Waals surface area (Å²) in [4.78, 5) is 54.0. The minimum atomic E-state index is -0.633. The second kappa shape index (κ2) is 22.4. The number of nitrogen functional groups attached to an aromatic ring is 1. The number of pyridine rings is 2. The Labute approximate surface area is 452 Å². The summed E-state index contributed by atoms with van der Waals surface area (Å²) in [6.45, 7) is 11.8. The molecule has 8 aromatic rings. The van der Waals surface area contributed by atoms with Crippen LogP contribution in [-0.4, -0.2) is 72.5 Å². The lowest BCUT2D eigenvalue weighted by atomic mass is 9.96. The lowest BCUT2D eigenvalue weighted by Gasteiger charge is -2.31. The predicted molar refractivity (Wildman–Crippen MR) is 313 cm³/mol. The number of piperazine rings is 1. The molecule has 11 heteroatoms. The Morgan fingerprint density at radius 3 is 1.60 bits per heavy atom. The summed E-state index contributed by atoms with van der Waals surface area (Å²) in [6.07, 6.45) is 12.3. The zero-order valence-corrected chi connectivity index (χ0v) is 44.6. The summed E-state index contributed by atoms with van der Waals surface area (Å²) < 4.78 is 5.49. The van der Waals surface area contributed by atoms with Crippen molar-refractivity contribution in [2.24, 2.45) is 0 Å². The van der Waals surface area contributed by atoms with Crippen molar-refractivity contribution in [2.75, 3.05) is 60.1 Å². The van der Waals surface area contributed by atoms with Crippen LogP contribution in [0.1, 0.15) is 121 Å². The molecule has 0 atom stereocenters. The topological polar surface area (TPSA) is 143 Å². The number of Topliss-reactive ketones (excluding diaryl/α,β-unsaturated/α-hetero) is 2. The van der Waals surface area contributed by atoms with Crippen molar-refractivity contribution < 1.29 is 19.1 Å². The van der Waals surface area contributed by atoms with E-state index in [-0.39, 0.29) is 24.4 Å². The summed E-state index contributed by atoms with van der Waals surface area (Å²) >= 11 is 0. The van der Waals surface area contributed by atoms with E-state index in [0.717, 1.165) is 83.2 Å². The van der Waals surface area contributed by atoms with Crippen molar-refractivity contribution >= 4 is 62.0 Å². The van der Waals surface area contributed by atoms with Crippen molar-refractivity contribution in [1.82, 2.24) is 15.3 Å². The average molecular weight is 1020 g/mol. The zero-order chi connectivity index (χ0) is 53.0. The van der Waals surface area contributed by atoms with Gasteiger partial charge < -0.3 is 25.6 Å². The fourth-order valence-corrected chi connectivity index (χ4v) is 11.1. The van der Waals surface area contributed by atoms with E-state index < -0.39 is 11.7 Å². The number of nitrogens with two attached hydrogens (primary N) is 1.